The van der Waals surface area contributed by atoms with Crippen LogP contribution in [0.3, 0.4) is 0 Å². The van der Waals surface area contributed by atoms with E-state index in [4.69, 9.17) is 16.3 Å². The van der Waals surface area contributed by atoms with Gasteiger partial charge in [-0.3, -0.25) is 9.52 Å². The Bertz CT molecular complexity index is 1150. The van der Waals surface area contributed by atoms with Gasteiger partial charge in [-0.15, -0.1) is 0 Å². The van der Waals surface area contributed by atoms with Crippen molar-refractivity contribution in [3.05, 3.63) is 82.9 Å². The molecule has 0 heterocycles. The van der Waals surface area contributed by atoms with Crippen molar-refractivity contribution in [2.75, 3.05) is 17.1 Å². The molecule has 6 nitrogen and oxygen atoms in total. The maximum absolute atomic E-state index is 12.7. The number of rotatable bonds is 6. The monoisotopic (exact) mass is 430 g/mol. The second kappa shape index (κ2) is 8.55. The molecule has 0 bridgehead atoms. The average Bonchev–Trinajstić information content (AvgIpc) is 2.68. The second-order valence-electron chi connectivity index (χ2n) is 6.27. The number of nitrogens with one attached hydrogen (secondary N) is 2. The Morgan fingerprint density at radius 3 is 2.34 bits per heavy atom. The molecule has 0 aromatic heterocycles. The molecule has 0 atom stereocenters. The number of halogens is 1. The number of methoxy groups -OCH3 is 1. The van der Waals surface area contributed by atoms with Crippen LogP contribution in [-0.4, -0.2) is 21.4 Å². The molecular weight excluding hydrogens is 412 g/mol. The van der Waals surface area contributed by atoms with Crippen molar-refractivity contribution in [3.8, 4) is 5.75 Å². The molecule has 3 aromatic rings. The van der Waals surface area contributed by atoms with E-state index in [0.717, 1.165) is 5.56 Å². The van der Waals surface area contributed by atoms with E-state index in [2.05, 4.69) is 10.0 Å². The van der Waals surface area contributed by atoms with Crippen LogP contribution in [0.25, 0.3) is 0 Å². The van der Waals surface area contributed by atoms with Crippen LogP contribution in [-0.2, 0) is 10.0 Å². The van der Waals surface area contributed by atoms with Crippen LogP contribution >= 0.6 is 11.6 Å². The number of amides is 1. The first-order valence-electron chi connectivity index (χ1n) is 8.63. The lowest BCUT2D eigenvalue weighted by Gasteiger charge is -2.13. The summed E-state index contributed by atoms with van der Waals surface area (Å²) < 4.78 is 32.9. The van der Waals surface area contributed by atoms with Crippen LogP contribution in [0, 0.1) is 6.92 Å². The van der Waals surface area contributed by atoms with E-state index in [1.165, 1.54) is 31.4 Å². The number of para-hydroxylation sites is 1. The number of ether oxygens (including phenoxy) is 1. The third-order valence-electron chi connectivity index (χ3n) is 4.16. The lowest BCUT2D eigenvalue weighted by atomic mass is 10.1. The van der Waals surface area contributed by atoms with Crippen molar-refractivity contribution < 1.29 is 17.9 Å². The summed E-state index contributed by atoms with van der Waals surface area (Å²) in [4.78, 5) is 12.9. The maximum atomic E-state index is 12.7. The lowest BCUT2D eigenvalue weighted by molar-refractivity contribution is 0.102. The van der Waals surface area contributed by atoms with Gasteiger partial charge in [-0.2, -0.15) is 0 Å². The van der Waals surface area contributed by atoms with E-state index in [0.29, 0.717) is 16.5 Å². The topological polar surface area (TPSA) is 84.5 Å². The van der Waals surface area contributed by atoms with E-state index in [9.17, 15) is 13.2 Å². The number of sulfonamides is 1. The Morgan fingerprint density at radius 2 is 1.69 bits per heavy atom. The first-order chi connectivity index (χ1) is 13.8. The molecule has 3 rings (SSSR count). The minimum absolute atomic E-state index is 0.111. The summed E-state index contributed by atoms with van der Waals surface area (Å²) in [6.07, 6.45) is 0. The Morgan fingerprint density at radius 1 is 1.00 bits per heavy atom. The SMILES string of the molecule is COc1ccc(NC(=O)c2ccccc2NS(=O)(=O)c2ccc(C)cc2)cc1Cl. The molecule has 150 valence electrons. The summed E-state index contributed by atoms with van der Waals surface area (Å²) in [6.45, 7) is 1.87. The Hall–Kier alpha value is -3.03. The van der Waals surface area contributed by atoms with Crippen molar-refractivity contribution >= 4 is 38.9 Å². The molecular formula is C21H19ClN2O4S. The molecule has 1 amide bonds. The van der Waals surface area contributed by atoms with Crippen molar-refractivity contribution in [3.63, 3.8) is 0 Å². The highest BCUT2D eigenvalue weighted by molar-refractivity contribution is 7.92. The van der Waals surface area contributed by atoms with Gasteiger partial charge >= 0.3 is 0 Å². The molecule has 29 heavy (non-hydrogen) atoms. The number of carbonyl (C=O) groups excluding carboxylic acids is 1. The largest absolute Gasteiger partial charge is 0.495 e. The Balaban J connectivity index is 1.85. The fourth-order valence-electron chi connectivity index (χ4n) is 2.63. The van der Waals surface area contributed by atoms with Gasteiger partial charge in [0, 0.05) is 5.69 Å². The van der Waals surface area contributed by atoms with Crippen LogP contribution in [0.1, 0.15) is 15.9 Å². The van der Waals surface area contributed by atoms with Gasteiger partial charge in [0.1, 0.15) is 5.75 Å². The van der Waals surface area contributed by atoms with Gasteiger partial charge in [-0.25, -0.2) is 8.42 Å². The van der Waals surface area contributed by atoms with Crippen molar-refractivity contribution in [1.29, 1.82) is 0 Å². The highest BCUT2D eigenvalue weighted by Crippen LogP contribution is 2.28. The van der Waals surface area contributed by atoms with Crippen molar-refractivity contribution in [1.82, 2.24) is 0 Å². The van der Waals surface area contributed by atoms with Gasteiger partial charge in [-0.05, 0) is 49.4 Å². The van der Waals surface area contributed by atoms with E-state index < -0.39 is 15.9 Å². The van der Waals surface area contributed by atoms with Gasteiger partial charge in [-0.1, -0.05) is 41.4 Å². The second-order valence-corrected chi connectivity index (χ2v) is 8.36. The number of anilines is 2. The third-order valence-corrected chi connectivity index (χ3v) is 5.83. The number of benzene rings is 3. The van der Waals surface area contributed by atoms with Gasteiger partial charge in [0.15, 0.2) is 0 Å². The molecule has 0 fully saturated rings. The van der Waals surface area contributed by atoms with Crippen LogP contribution in [0.5, 0.6) is 5.75 Å². The normalized spacial score (nSPS) is 11.0. The third kappa shape index (κ3) is 4.88. The van der Waals surface area contributed by atoms with Gasteiger partial charge in [0.2, 0.25) is 0 Å². The first-order valence-corrected chi connectivity index (χ1v) is 10.5. The molecule has 0 aliphatic heterocycles. The molecule has 0 aliphatic carbocycles. The minimum Gasteiger partial charge on any atom is -0.495 e. The maximum Gasteiger partial charge on any atom is 0.261 e. The van der Waals surface area contributed by atoms with E-state index in [1.807, 2.05) is 6.92 Å². The molecule has 0 saturated carbocycles. The molecule has 3 aromatic carbocycles. The molecule has 0 spiro atoms. The van der Waals surface area contributed by atoms with Crippen LogP contribution in [0.4, 0.5) is 11.4 Å². The molecule has 0 radical (unpaired) electrons. The van der Waals surface area contributed by atoms with Crippen LogP contribution in [0.2, 0.25) is 5.02 Å². The average molecular weight is 431 g/mol. The summed E-state index contributed by atoms with van der Waals surface area (Å²) >= 11 is 6.09. The smallest absolute Gasteiger partial charge is 0.261 e. The zero-order valence-electron chi connectivity index (χ0n) is 15.8. The predicted octanol–water partition coefficient (Wildman–Crippen LogP) is 4.71. The van der Waals surface area contributed by atoms with E-state index >= 15 is 0 Å². The number of carbonyl (C=O) groups is 1. The van der Waals surface area contributed by atoms with Crippen LogP contribution in [0.15, 0.2) is 71.6 Å². The quantitative estimate of drug-likeness (QED) is 0.593. The summed E-state index contributed by atoms with van der Waals surface area (Å²) in [5.74, 6) is 0.00404. The van der Waals surface area contributed by atoms with E-state index in [-0.39, 0.29) is 16.1 Å². The van der Waals surface area contributed by atoms with Crippen molar-refractivity contribution in [2.45, 2.75) is 11.8 Å². The van der Waals surface area contributed by atoms with E-state index in [1.54, 1.807) is 42.5 Å². The Kier molecular flexibility index (Phi) is 6.10. The molecule has 8 heteroatoms. The summed E-state index contributed by atoms with van der Waals surface area (Å²) in [6, 6.07) is 17.6. The lowest BCUT2D eigenvalue weighted by Crippen LogP contribution is -2.18. The molecule has 0 unspecified atom stereocenters. The van der Waals surface area contributed by atoms with Crippen LogP contribution < -0.4 is 14.8 Å². The number of aryl methyl sites for hydroxylation is 1. The predicted molar refractivity (Wildman–Crippen MR) is 114 cm³/mol. The van der Waals surface area contributed by atoms with Crippen molar-refractivity contribution in [2.24, 2.45) is 0 Å². The molecule has 2 N–H and O–H groups in total. The Labute approximate surface area is 174 Å². The van der Waals surface area contributed by atoms with Gasteiger partial charge in [0.25, 0.3) is 15.9 Å². The summed E-state index contributed by atoms with van der Waals surface area (Å²) in [5, 5.41) is 3.06. The first kappa shape index (κ1) is 20.7. The minimum atomic E-state index is -3.84. The summed E-state index contributed by atoms with van der Waals surface area (Å²) in [5.41, 5.74) is 1.75. The molecule has 0 saturated heterocycles. The molecule has 0 aliphatic rings. The number of hydrogen-bond acceptors (Lipinski definition) is 4. The zero-order chi connectivity index (χ0) is 21.0. The zero-order valence-corrected chi connectivity index (χ0v) is 17.3. The standard InChI is InChI=1S/C21H19ClN2O4S/c1-14-7-10-16(11-8-14)29(26,27)24-19-6-4-3-5-17(19)21(25)23-15-9-12-20(28-2)18(22)13-15/h3-13,24H,1-2H3,(H,23,25). The fourth-order valence-corrected chi connectivity index (χ4v) is 3.97. The highest BCUT2D eigenvalue weighted by atomic mass is 35.5. The highest BCUT2D eigenvalue weighted by Gasteiger charge is 2.19. The number of hydrogen-bond donors (Lipinski definition) is 2. The fraction of sp³-hybridized carbons (Fsp3) is 0.0952. The van der Waals surface area contributed by atoms with Gasteiger partial charge < -0.3 is 10.1 Å². The van der Waals surface area contributed by atoms with Gasteiger partial charge in [0.05, 0.1) is 28.3 Å². The summed E-state index contributed by atoms with van der Waals surface area (Å²) in [7, 11) is -2.35.